The zero-order valence-corrected chi connectivity index (χ0v) is 15.6. The van der Waals surface area contributed by atoms with E-state index < -0.39 is 15.9 Å². The predicted molar refractivity (Wildman–Crippen MR) is 102 cm³/mol. The third-order valence-corrected chi connectivity index (χ3v) is 6.50. The number of primary amides is 1. The zero-order valence-electron chi connectivity index (χ0n) is 14.8. The van der Waals surface area contributed by atoms with Crippen molar-refractivity contribution in [2.75, 3.05) is 25.0 Å². The zero-order chi connectivity index (χ0) is 18.7. The van der Waals surface area contributed by atoms with Crippen molar-refractivity contribution in [2.24, 2.45) is 5.73 Å². The molecule has 1 saturated heterocycles. The monoisotopic (exact) mass is 373 g/mol. The minimum absolute atomic E-state index is 0.142. The van der Waals surface area contributed by atoms with Crippen LogP contribution in [0.3, 0.4) is 0 Å². The Balaban J connectivity index is 1.83. The van der Waals surface area contributed by atoms with E-state index in [1.54, 1.807) is 7.05 Å². The minimum atomic E-state index is -3.66. The SMILES string of the molecule is CN(Cc1ccccc1N1CCCC1)S(=O)(=O)c1ccc(C(N)=O)cc1. The lowest BCUT2D eigenvalue weighted by Crippen LogP contribution is -2.28. The second kappa shape index (κ2) is 7.47. The third kappa shape index (κ3) is 3.73. The molecular formula is C19H23N3O3S. The number of sulfonamides is 1. The van der Waals surface area contributed by atoms with Crippen molar-refractivity contribution in [1.29, 1.82) is 0 Å². The first kappa shape index (κ1) is 18.4. The van der Waals surface area contributed by atoms with Crippen molar-refractivity contribution in [3.63, 3.8) is 0 Å². The van der Waals surface area contributed by atoms with Gasteiger partial charge in [0.05, 0.1) is 4.90 Å². The summed E-state index contributed by atoms with van der Waals surface area (Å²) in [5, 5.41) is 0. The van der Waals surface area contributed by atoms with Crippen molar-refractivity contribution in [3.8, 4) is 0 Å². The molecule has 0 unspecified atom stereocenters. The number of nitrogens with two attached hydrogens (primary N) is 1. The molecule has 2 N–H and O–H groups in total. The van der Waals surface area contributed by atoms with Gasteiger partial charge in [-0.25, -0.2) is 8.42 Å². The maximum atomic E-state index is 12.8. The largest absolute Gasteiger partial charge is 0.371 e. The molecule has 6 nitrogen and oxygen atoms in total. The van der Waals surface area contributed by atoms with E-state index in [2.05, 4.69) is 4.90 Å². The molecule has 0 aromatic heterocycles. The topological polar surface area (TPSA) is 83.7 Å². The second-order valence-electron chi connectivity index (χ2n) is 6.47. The van der Waals surface area contributed by atoms with Gasteiger partial charge < -0.3 is 10.6 Å². The summed E-state index contributed by atoms with van der Waals surface area (Å²) in [6.45, 7) is 2.29. The molecule has 1 fully saturated rings. The second-order valence-corrected chi connectivity index (χ2v) is 8.52. The molecule has 1 aliphatic rings. The van der Waals surface area contributed by atoms with Gasteiger partial charge in [-0.2, -0.15) is 4.31 Å². The summed E-state index contributed by atoms with van der Waals surface area (Å²) in [7, 11) is -2.09. The number of nitrogens with zero attached hydrogens (tertiary/aromatic N) is 2. The van der Waals surface area contributed by atoms with Gasteiger partial charge in [0.2, 0.25) is 15.9 Å². The Hall–Kier alpha value is -2.38. The lowest BCUT2D eigenvalue weighted by molar-refractivity contribution is 0.1000. The van der Waals surface area contributed by atoms with E-state index in [9.17, 15) is 13.2 Å². The van der Waals surface area contributed by atoms with Crippen molar-refractivity contribution in [2.45, 2.75) is 24.3 Å². The molecule has 138 valence electrons. The van der Waals surface area contributed by atoms with Crippen LogP contribution in [0.25, 0.3) is 0 Å². The number of carbonyl (C=O) groups is 1. The summed E-state index contributed by atoms with van der Waals surface area (Å²) in [5.74, 6) is -0.582. The first-order valence-electron chi connectivity index (χ1n) is 8.58. The smallest absolute Gasteiger partial charge is 0.248 e. The number of anilines is 1. The fourth-order valence-electron chi connectivity index (χ4n) is 3.21. The summed E-state index contributed by atoms with van der Waals surface area (Å²) in [4.78, 5) is 13.6. The van der Waals surface area contributed by atoms with Crippen LogP contribution in [-0.4, -0.2) is 38.8 Å². The summed E-state index contributed by atoms with van der Waals surface area (Å²) in [6, 6.07) is 13.6. The Labute approximate surface area is 154 Å². The highest BCUT2D eigenvalue weighted by Gasteiger charge is 2.23. The average molecular weight is 373 g/mol. The molecule has 0 saturated carbocycles. The number of rotatable bonds is 6. The maximum absolute atomic E-state index is 12.8. The Bertz CT molecular complexity index is 889. The van der Waals surface area contributed by atoms with Gasteiger partial charge in [0.1, 0.15) is 0 Å². The summed E-state index contributed by atoms with van der Waals surface area (Å²) >= 11 is 0. The van der Waals surface area contributed by atoms with Crippen molar-refractivity contribution < 1.29 is 13.2 Å². The Morgan fingerprint density at radius 3 is 2.31 bits per heavy atom. The minimum Gasteiger partial charge on any atom is -0.371 e. The number of amides is 1. The van der Waals surface area contributed by atoms with E-state index in [1.807, 2.05) is 24.3 Å². The van der Waals surface area contributed by atoms with Crippen LogP contribution in [-0.2, 0) is 16.6 Å². The van der Waals surface area contributed by atoms with Crippen LogP contribution in [0, 0.1) is 0 Å². The molecule has 0 aliphatic carbocycles. The average Bonchev–Trinajstić information content (AvgIpc) is 3.16. The van der Waals surface area contributed by atoms with E-state index >= 15 is 0 Å². The summed E-state index contributed by atoms with van der Waals surface area (Å²) in [6.07, 6.45) is 2.32. The van der Waals surface area contributed by atoms with Crippen molar-refractivity contribution >= 4 is 21.6 Å². The Morgan fingerprint density at radius 1 is 1.08 bits per heavy atom. The van der Waals surface area contributed by atoms with E-state index in [4.69, 9.17) is 5.73 Å². The van der Waals surface area contributed by atoms with Gasteiger partial charge in [-0.3, -0.25) is 4.79 Å². The van der Waals surface area contributed by atoms with Gasteiger partial charge in [-0.1, -0.05) is 18.2 Å². The predicted octanol–water partition coefficient (Wildman–Crippen LogP) is 2.21. The molecule has 0 atom stereocenters. The standard InChI is InChI=1S/C19H23N3O3S/c1-21(26(24,25)17-10-8-15(9-11-17)19(20)23)14-16-6-2-3-7-18(16)22-12-4-5-13-22/h2-3,6-11H,4-5,12-14H2,1H3,(H2,20,23). The molecule has 1 aliphatic heterocycles. The number of hydrogen-bond acceptors (Lipinski definition) is 4. The molecule has 2 aromatic rings. The number of para-hydroxylation sites is 1. The highest BCUT2D eigenvalue weighted by Crippen LogP contribution is 2.27. The molecule has 7 heteroatoms. The molecule has 3 rings (SSSR count). The summed E-state index contributed by atoms with van der Waals surface area (Å²) in [5.41, 5.74) is 7.57. The van der Waals surface area contributed by atoms with E-state index in [-0.39, 0.29) is 17.0 Å². The van der Waals surface area contributed by atoms with Crippen LogP contribution in [0.15, 0.2) is 53.4 Å². The normalized spacial score (nSPS) is 14.8. The van der Waals surface area contributed by atoms with E-state index in [1.165, 1.54) is 28.6 Å². The lowest BCUT2D eigenvalue weighted by atomic mass is 10.1. The maximum Gasteiger partial charge on any atom is 0.248 e. The van der Waals surface area contributed by atoms with Crippen LogP contribution in [0.4, 0.5) is 5.69 Å². The van der Waals surface area contributed by atoms with Crippen LogP contribution in [0.1, 0.15) is 28.8 Å². The van der Waals surface area contributed by atoms with E-state index in [0.717, 1.165) is 37.2 Å². The number of hydrogen-bond donors (Lipinski definition) is 1. The van der Waals surface area contributed by atoms with Crippen molar-refractivity contribution in [3.05, 3.63) is 59.7 Å². The van der Waals surface area contributed by atoms with Crippen LogP contribution < -0.4 is 10.6 Å². The Kier molecular flexibility index (Phi) is 5.29. The van der Waals surface area contributed by atoms with Gasteiger partial charge in [-0.05, 0) is 48.7 Å². The van der Waals surface area contributed by atoms with Crippen LogP contribution in [0.5, 0.6) is 0 Å². The molecule has 26 heavy (non-hydrogen) atoms. The number of carbonyl (C=O) groups excluding carboxylic acids is 1. The first-order valence-corrected chi connectivity index (χ1v) is 10.0. The summed E-state index contributed by atoms with van der Waals surface area (Å²) < 4.78 is 27.0. The van der Waals surface area contributed by atoms with Gasteiger partial charge >= 0.3 is 0 Å². The van der Waals surface area contributed by atoms with Crippen LogP contribution in [0.2, 0.25) is 0 Å². The van der Waals surface area contributed by atoms with Gasteiger partial charge in [-0.15, -0.1) is 0 Å². The highest BCUT2D eigenvalue weighted by atomic mass is 32.2. The highest BCUT2D eigenvalue weighted by molar-refractivity contribution is 7.89. The van der Waals surface area contributed by atoms with Gasteiger partial charge in [0.25, 0.3) is 0 Å². The quantitative estimate of drug-likeness (QED) is 0.841. The number of benzene rings is 2. The molecule has 0 bridgehead atoms. The molecule has 1 heterocycles. The molecule has 2 aromatic carbocycles. The van der Waals surface area contributed by atoms with Gasteiger partial charge in [0, 0.05) is 37.9 Å². The van der Waals surface area contributed by atoms with Crippen LogP contribution >= 0.6 is 0 Å². The molecule has 0 spiro atoms. The third-order valence-electron chi connectivity index (χ3n) is 4.68. The van der Waals surface area contributed by atoms with E-state index in [0.29, 0.717) is 0 Å². The molecule has 0 radical (unpaired) electrons. The lowest BCUT2D eigenvalue weighted by Gasteiger charge is -2.24. The fraction of sp³-hybridized carbons (Fsp3) is 0.316. The molecule has 1 amide bonds. The van der Waals surface area contributed by atoms with Gasteiger partial charge in [0.15, 0.2) is 0 Å². The first-order chi connectivity index (χ1) is 12.4. The fourth-order valence-corrected chi connectivity index (χ4v) is 4.36. The van der Waals surface area contributed by atoms with Crippen molar-refractivity contribution in [1.82, 2.24) is 4.31 Å². The molecular weight excluding hydrogens is 350 g/mol. The Morgan fingerprint density at radius 2 is 1.69 bits per heavy atom.